The van der Waals surface area contributed by atoms with E-state index in [0.29, 0.717) is 45.9 Å². The SMILES string of the molecule is O=C1c2ccc3c4ccc5c6c(ccc(c7ccc(c2c37)C(=O)N1CCc1ccc(F)cc1)c64)C(=O)N(CCc1ccc(F)cc1)C5=O. The van der Waals surface area contributed by atoms with Crippen LogP contribution < -0.4 is 0 Å². The van der Waals surface area contributed by atoms with E-state index in [1.54, 1.807) is 48.5 Å². The Bertz CT molecular complexity index is 2260. The first-order chi connectivity index (χ1) is 23.3. The lowest BCUT2D eigenvalue weighted by molar-refractivity contribution is 0.0597. The molecule has 2 heterocycles. The van der Waals surface area contributed by atoms with Crippen LogP contribution in [0.2, 0.25) is 0 Å². The number of rotatable bonds is 6. The van der Waals surface area contributed by atoms with Crippen LogP contribution in [0.1, 0.15) is 52.6 Å². The van der Waals surface area contributed by atoms with E-state index in [0.717, 1.165) is 43.4 Å². The largest absolute Gasteiger partial charge is 0.274 e. The first-order valence-electron chi connectivity index (χ1n) is 15.7. The van der Waals surface area contributed by atoms with E-state index in [4.69, 9.17) is 0 Å². The lowest BCUT2D eigenvalue weighted by Crippen LogP contribution is -2.41. The third-order valence-corrected chi connectivity index (χ3v) is 9.88. The summed E-state index contributed by atoms with van der Waals surface area (Å²) in [5.74, 6) is -2.23. The number of nitrogens with zero attached hydrogens (tertiary/aromatic N) is 2. The van der Waals surface area contributed by atoms with Gasteiger partial charge in [0.05, 0.1) is 0 Å². The summed E-state index contributed by atoms with van der Waals surface area (Å²) in [4.78, 5) is 57.7. The van der Waals surface area contributed by atoms with Crippen LogP contribution in [0.5, 0.6) is 0 Å². The van der Waals surface area contributed by atoms with E-state index in [-0.39, 0.29) is 48.4 Å². The van der Waals surface area contributed by atoms with Crippen LogP contribution in [0.15, 0.2) is 97.1 Å². The minimum Gasteiger partial charge on any atom is -0.274 e. The van der Waals surface area contributed by atoms with E-state index in [1.807, 2.05) is 24.3 Å². The number of hydrogen-bond donors (Lipinski definition) is 0. The summed E-state index contributed by atoms with van der Waals surface area (Å²) >= 11 is 0. The molecule has 2 aliphatic heterocycles. The van der Waals surface area contributed by atoms with E-state index in [1.165, 1.54) is 34.1 Å². The van der Waals surface area contributed by atoms with Gasteiger partial charge in [-0.25, -0.2) is 8.78 Å². The Morgan fingerprint density at radius 2 is 0.667 bits per heavy atom. The molecule has 0 unspecified atom stereocenters. The minimum atomic E-state index is -0.383. The van der Waals surface area contributed by atoms with E-state index in [2.05, 4.69) is 0 Å². The highest BCUT2D eigenvalue weighted by atomic mass is 19.1. The van der Waals surface area contributed by atoms with Gasteiger partial charge in [-0.2, -0.15) is 0 Å². The summed E-state index contributed by atoms with van der Waals surface area (Å²) in [6, 6.07) is 26.5. The third kappa shape index (κ3) is 3.95. The van der Waals surface area contributed by atoms with Crippen LogP contribution in [-0.4, -0.2) is 46.5 Å². The number of imide groups is 2. The molecule has 0 radical (unpaired) electrons. The summed E-state index contributed by atoms with van der Waals surface area (Å²) < 4.78 is 26.8. The van der Waals surface area contributed by atoms with Gasteiger partial charge in [-0.05, 0) is 105 Å². The fourth-order valence-electron chi connectivity index (χ4n) is 7.56. The van der Waals surface area contributed by atoms with Crippen molar-refractivity contribution < 1.29 is 28.0 Å². The van der Waals surface area contributed by atoms with Crippen molar-refractivity contribution in [1.29, 1.82) is 0 Å². The van der Waals surface area contributed by atoms with Gasteiger partial charge in [0.2, 0.25) is 0 Å². The molecule has 0 N–H and O–H groups in total. The average Bonchev–Trinajstić information content (AvgIpc) is 3.10. The summed E-state index contributed by atoms with van der Waals surface area (Å²) in [5, 5.41) is 6.04. The van der Waals surface area contributed by atoms with Gasteiger partial charge in [0, 0.05) is 46.1 Å². The Morgan fingerprint density at radius 3 is 0.958 bits per heavy atom. The van der Waals surface area contributed by atoms with E-state index >= 15 is 0 Å². The molecular weight excluding hydrogens is 610 g/mol. The molecule has 0 saturated carbocycles. The molecule has 232 valence electrons. The van der Waals surface area contributed by atoms with Crippen LogP contribution in [0, 0.1) is 11.6 Å². The second-order valence-electron chi connectivity index (χ2n) is 12.4. The standard InChI is InChI=1S/C40H24F2N2O4/c41-23-5-1-21(2-6-23)17-19-43-37(45)29-13-9-25-27-11-15-31-36-32(40(48)44(39(31)47)20-18-22-3-7-24(42)8-4-22)16-12-28(34(27)36)26-10-14-30(38(43)46)35(29)33(25)26/h1-16H,17-20H2. The number of fused-ring (bicyclic) bond motifs is 2. The summed E-state index contributed by atoms with van der Waals surface area (Å²) in [5.41, 5.74) is 3.36. The molecule has 0 aliphatic carbocycles. The van der Waals surface area contributed by atoms with Gasteiger partial charge in [0.1, 0.15) is 11.6 Å². The number of benzene rings is 7. The van der Waals surface area contributed by atoms with Crippen molar-refractivity contribution in [1.82, 2.24) is 9.80 Å². The zero-order valence-electron chi connectivity index (χ0n) is 25.3. The molecule has 2 aliphatic rings. The molecule has 4 amide bonds. The molecule has 0 atom stereocenters. The zero-order chi connectivity index (χ0) is 32.8. The molecule has 7 aromatic carbocycles. The van der Waals surface area contributed by atoms with Gasteiger partial charge in [0.25, 0.3) is 23.6 Å². The number of carbonyl (C=O) groups excluding carboxylic acids is 4. The molecule has 48 heavy (non-hydrogen) atoms. The Balaban J connectivity index is 1.15. The first-order valence-corrected chi connectivity index (χ1v) is 15.7. The third-order valence-electron chi connectivity index (χ3n) is 9.88. The summed E-state index contributed by atoms with van der Waals surface area (Å²) in [7, 11) is 0. The lowest BCUT2D eigenvalue weighted by Gasteiger charge is -2.30. The van der Waals surface area contributed by atoms with Gasteiger partial charge >= 0.3 is 0 Å². The monoisotopic (exact) mass is 634 g/mol. The molecule has 6 nitrogen and oxygen atoms in total. The maximum Gasteiger partial charge on any atom is 0.261 e. The molecule has 0 fully saturated rings. The Morgan fingerprint density at radius 1 is 0.375 bits per heavy atom. The van der Waals surface area contributed by atoms with Gasteiger partial charge in [-0.1, -0.05) is 48.5 Å². The molecular formula is C40H24F2N2O4. The van der Waals surface area contributed by atoms with Crippen LogP contribution in [0.4, 0.5) is 8.78 Å². The average molecular weight is 635 g/mol. The molecule has 0 aromatic heterocycles. The highest BCUT2D eigenvalue weighted by Gasteiger charge is 2.36. The quantitative estimate of drug-likeness (QED) is 0.107. The topological polar surface area (TPSA) is 74.8 Å². The normalized spacial score (nSPS) is 14.5. The van der Waals surface area contributed by atoms with Gasteiger partial charge in [-0.3, -0.25) is 29.0 Å². The number of amides is 4. The molecule has 8 heteroatoms. The second kappa shape index (κ2) is 10.2. The number of hydrogen-bond acceptors (Lipinski definition) is 4. The van der Waals surface area contributed by atoms with Crippen LogP contribution in [-0.2, 0) is 12.8 Å². The second-order valence-corrected chi connectivity index (χ2v) is 12.4. The Labute approximate surface area is 272 Å². The fraction of sp³-hybridized carbons (Fsp3) is 0.100. The number of carbonyl (C=O) groups is 4. The van der Waals surface area contributed by atoms with Crippen molar-refractivity contribution in [3.63, 3.8) is 0 Å². The van der Waals surface area contributed by atoms with Gasteiger partial charge in [-0.15, -0.1) is 0 Å². The van der Waals surface area contributed by atoms with Crippen LogP contribution >= 0.6 is 0 Å². The molecule has 7 aromatic rings. The predicted octanol–water partition coefficient (Wildman–Crippen LogP) is 7.69. The fourth-order valence-corrected chi connectivity index (χ4v) is 7.56. The van der Waals surface area contributed by atoms with Crippen molar-refractivity contribution in [3.05, 3.63) is 142 Å². The maximum absolute atomic E-state index is 13.8. The molecule has 0 spiro atoms. The minimum absolute atomic E-state index is 0.157. The summed E-state index contributed by atoms with van der Waals surface area (Å²) in [6.45, 7) is 0.314. The van der Waals surface area contributed by atoms with Crippen LogP contribution in [0.25, 0.3) is 43.1 Å². The number of halogens is 2. The Kier molecular flexibility index (Phi) is 6.02. The van der Waals surface area contributed by atoms with E-state index < -0.39 is 0 Å². The van der Waals surface area contributed by atoms with Crippen LogP contribution in [0.3, 0.4) is 0 Å². The highest BCUT2D eigenvalue weighted by Crippen LogP contribution is 2.46. The van der Waals surface area contributed by atoms with Crippen molar-refractivity contribution in [2.24, 2.45) is 0 Å². The molecule has 9 rings (SSSR count). The van der Waals surface area contributed by atoms with Crippen molar-refractivity contribution in [2.45, 2.75) is 12.8 Å². The van der Waals surface area contributed by atoms with E-state index in [9.17, 15) is 28.0 Å². The molecule has 0 bridgehead atoms. The van der Waals surface area contributed by atoms with Gasteiger partial charge in [0.15, 0.2) is 0 Å². The summed E-state index contributed by atoms with van der Waals surface area (Å²) in [6.07, 6.45) is 0.793. The van der Waals surface area contributed by atoms with Crippen molar-refractivity contribution in [2.75, 3.05) is 13.1 Å². The smallest absolute Gasteiger partial charge is 0.261 e. The maximum atomic E-state index is 13.8. The predicted molar refractivity (Wildman–Crippen MR) is 179 cm³/mol. The molecule has 0 saturated heterocycles. The first kappa shape index (κ1) is 28.2. The van der Waals surface area contributed by atoms with Crippen molar-refractivity contribution >= 4 is 66.7 Å². The van der Waals surface area contributed by atoms with Crippen molar-refractivity contribution in [3.8, 4) is 0 Å². The highest BCUT2D eigenvalue weighted by molar-refractivity contribution is 6.41. The lowest BCUT2D eigenvalue weighted by atomic mass is 9.82. The Hall–Kier alpha value is -6.02. The zero-order valence-corrected chi connectivity index (χ0v) is 25.3. The van der Waals surface area contributed by atoms with Gasteiger partial charge < -0.3 is 0 Å².